The molecule has 0 radical (unpaired) electrons. The lowest BCUT2D eigenvalue weighted by atomic mass is 10.2. The highest BCUT2D eigenvalue weighted by atomic mass is 19.0. The van der Waals surface area contributed by atoms with Crippen molar-refractivity contribution < 1.29 is 4.70 Å². The van der Waals surface area contributed by atoms with E-state index in [1.165, 1.54) is 11.3 Å². The zero-order valence-electron chi connectivity index (χ0n) is 5.64. The summed E-state index contributed by atoms with van der Waals surface area (Å²) in [5.41, 5.74) is 10.1. The topological polar surface area (TPSA) is 48.0 Å². The van der Waals surface area contributed by atoms with Crippen LogP contribution in [0.15, 0.2) is 12.1 Å². The van der Waals surface area contributed by atoms with Crippen LogP contribution in [0.1, 0.15) is 5.56 Å². The van der Waals surface area contributed by atoms with Gasteiger partial charge in [0.05, 0.1) is 17.1 Å². The molecule has 0 aliphatic carbocycles. The van der Waals surface area contributed by atoms with Crippen LogP contribution in [0.5, 0.6) is 0 Å². The summed E-state index contributed by atoms with van der Waals surface area (Å²) in [5, 5.41) is 3.10. The lowest BCUT2D eigenvalue weighted by Gasteiger charge is -1.86. The van der Waals surface area contributed by atoms with Crippen LogP contribution < -0.4 is 11.1 Å². The summed E-state index contributed by atoms with van der Waals surface area (Å²) in [6.45, 7) is 2.07. The summed E-state index contributed by atoms with van der Waals surface area (Å²) in [4.78, 5) is 0. The number of nitrogens with two attached hydrogens (primary N) is 1. The Kier molecular flexibility index (Phi) is 1.28. The highest BCUT2D eigenvalue weighted by molar-refractivity contribution is 6.00. The van der Waals surface area contributed by atoms with Gasteiger partial charge in [0.25, 0.3) is 0 Å². The Morgan fingerprint density at radius 3 is 2.60 bits per heavy atom. The third kappa shape index (κ3) is 0.708. The van der Waals surface area contributed by atoms with E-state index >= 15 is 0 Å². The molecule has 0 unspecified atom stereocenters. The number of nitrogens with one attached hydrogen (secondary N) is 1. The molecule has 0 fully saturated rings. The smallest absolute Gasteiger partial charge is 0.0860 e. The van der Waals surface area contributed by atoms with Crippen molar-refractivity contribution in [3.8, 4) is 0 Å². The number of fused-ring (bicyclic) bond motifs is 1. The van der Waals surface area contributed by atoms with Crippen molar-refractivity contribution in [3.05, 3.63) is 17.7 Å². The van der Waals surface area contributed by atoms with Gasteiger partial charge in [0.15, 0.2) is 0 Å². The van der Waals surface area contributed by atoms with E-state index in [-0.39, 0.29) is 4.70 Å². The minimum atomic E-state index is 0. The maximum Gasteiger partial charge on any atom is 0.0860 e. The van der Waals surface area contributed by atoms with Crippen molar-refractivity contribution in [2.75, 3.05) is 11.1 Å². The summed E-state index contributed by atoms with van der Waals surface area (Å²) >= 11 is 0. The van der Waals surface area contributed by atoms with Crippen LogP contribution in [0.25, 0.3) is 0 Å². The number of anilines is 3. The van der Waals surface area contributed by atoms with Crippen LogP contribution in [-0.4, -0.2) is 0 Å². The highest BCUT2D eigenvalue weighted by Crippen LogP contribution is 2.45. The Balaban J connectivity index is 0.000000500. The largest absolute Gasteiger partial charge is 0.397 e. The first-order valence-corrected chi connectivity index (χ1v) is 2.95. The molecule has 0 amide bonds. The fraction of sp³-hybridized carbons (Fsp3) is 0.143. The lowest BCUT2D eigenvalue weighted by molar-refractivity contribution is 1.11. The van der Waals surface area contributed by atoms with Crippen LogP contribution in [0, 0.1) is 6.92 Å². The van der Waals surface area contributed by atoms with Crippen LogP contribution in [-0.2, 0) is 0 Å². The Hall–Kier alpha value is -1.25. The van der Waals surface area contributed by atoms with Crippen molar-refractivity contribution >= 4 is 17.1 Å². The lowest BCUT2D eigenvalue weighted by Crippen LogP contribution is -1.79. The molecule has 1 aliphatic rings. The number of halogens is 1. The van der Waals surface area contributed by atoms with E-state index in [0.717, 1.165) is 11.4 Å². The van der Waals surface area contributed by atoms with Gasteiger partial charge in [-0.25, -0.2) is 0 Å². The second-order valence-corrected chi connectivity index (χ2v) is 2.35. The summed E-state index contributed by atoms with van der Waals surface area (Å²) in [5.74, 6) is 0. The molecule has 1 aliphatic heterocycles. The first kappa shape index (κ1) is 6.86. The van der Waals surface area contributed by atoms with Crippen molar-refractivity contribution in [2.24, 2.45) is 0 Å². The second kappa shape index (κ2) is 1.87. The quantitative estimate of drug-likeness (QED) is 0.433. The number of rotatable bonds is 0. The van der Waals surface area contributed by atoms with Crippen molar-refractivity contribution in [1.29, 1.82) is 0 Å². The van der Waals surface area contributed by atoms with Gasteiger partial charge in [-0.15, -0.1) is 0 Å². The van der Waals surface area contributed by atoms with Gasteiger partial charge >= 0.3 is 0 Å². The van der Waals surface area contributed by atoms with Crippen molar-refractivity contribution in [3.63, 3.8) is 0 Å². The summed E-state index contributed by atoms with van der Waals surface area (Å²) in [6, 6.07) is 3.95. The summed E-state index contributed by atoms with van der Waals surface area (Å²) < 4.78 is 0. The van der Waals surface area contributed by atoms with Gasteiger partial charge < -0.3 is 11.1 Å². The van der Waals surface area contributed by atoms with Crippen molar-refractivity contribution in [1.82, 2.24) is 0 Å². The molecule has 54 valence electrons. The number of nitrogen functional groups attached to an aromatic ring is 1. The number of hydrogen-bond donors (Lipinski definition) is 2. The molecule has 3 heteroatoms. The Labute approximate surface area is 58.4 Å². The van der Waals surface area contributed by atoms with Gasteiger partial charge in [0, 0.05) is 0 Å². The molecule has 1 aromatic carbocycles. The zero-order chi connectivity index (χ0) is 6.43. The van der Waals surface area contributed by atoms with E-state index in [0.29, 0.717) is 0 Å². The highest BCUT2D eigenvalue weighted by Gasteiger charge is 2.20. The van der Waals surface area contributed by atoms with Gasteiger partial charge in [-0.05, 0) is 18.6 Å². The maximum atomic E-state index is 5.58. The molecular weight excluding hydrogens is 131 g/mol. The Morgan fingerprint density at radius 2 is 2.00 bits per heavy atom. The average molecular weight is 140 g/mol. The standard InChI is InChI=1S/C7H8N2.FH/c1-4-2-3-5(8)7-6(4)9-7;/h2-3,9H,8H2,1H3;1H. The third-order valence-electron chi connectivity index (χ3n) is 1.63. The van der Waals surface area contributed by atoms with Gasteiger partial charge in [0.2, 0.25) is 0 Å². The Morgan fingerprint density at radius 1 is 1.30 bits per heavy atom. The molecule has 2 rings (SSSR count). The second-order valence-electron chi connectivity index (χ2n) is 2.35. The molecule has 0 saturated carbocycles. The molecule has 2 nitrogen and oxygen atoms in total. The normalized spacial score (nSPS) is 10.9. The van der Waals surface area contributed by atoms with Crippen molar-refractivity contribution in [2.45, 2.75) is 6.92 Å². The molecule has 0 saturated heterocycles. The molecular formula is C7H9FN2. The van der Waals surface area contributed by atoms with E-state index in [2.05, 4.69) is 12.2 Å². The van der Waals surface area contributed by atoms with E-state index in [1.54, 1.807) is 0 Å². The zero-order valence-corrected chi connectivity index (χ0v) is 5.64. The molecule has 3 N–H and O–H groups in total. The molecule has 0 atom stereocenters. The molecule has 10 heavy (non-hydrogen) atoms. The summed E-state index contributed by atoms with van der Waals surface area (Å²) in [6.07, 6.45) is 0. The minimum Gasteiger partial charge on any atom is -0.397 e. The first-order valence-electron chi connectivity index (χ1n) is 2.95. The Bertz CT molecular complexity index is 244. The van der Waals surface area contributed by atoms with E-state index in [9.17, 15) is 0 Å². The van der Waals surface area contributed by atoms with E-state index in [1.807, 2.05) is 12.1 Å². The van der Waals surface area contributed by atoms with Gasteiger partial charge in [0.1, 0.15) is 0 Å². The minimum absolute atomic E-state index is 0. The monoisotopic (exact) mass is 140 g/mol. The molecule has 1 aromatic rings. The van der Waals surface area contributed by atoms with Crippen LogP contribution in [0.3, 0.4) is 0 Å². The number of hydrogen-bond acceptors (Lipinski definition) is 2. The van der Waals surface area contributed by atoms with E-state index < -0.39 is 0 Å². The first-order chi connectivity index (χ1) is 4.29. The molecule has 1 heterocycles. The van der Waals surface area contributed by atoms with Crippen LogP contribution in [0.2, 0.25) is 0 Å². The predicted molar refractivity (Wildman–Crippen MR) is 41.4 cm³/mol. The molecule has 0 spiro atoms. The third-order valence-corrected chi connectivity index (χ3v) is 1.63. The molecule has 0 aromatic heterocycles. The maximum absolute atomic E-state index is 5.58. The summed E-state index contributed by atoms with van der Waals surface area (Å²) in [7, 11) is 0. The fourth-order valence-corrected chi connectivity index (χ4v) is 0.987. The SMILES string of the molecule is Cc1ccc(N)c2c1N2.F. The number of benzene rings is 1. The van der Waals surface area contributed by atoms with Crippen LogP contribution in [0.4, 0.5) is 21.8 Å². The van der Waals surface area contributed by atoms with Gasteiger partial charge in [-0.1, -0.05) is 6.07 Å². The van der Waals surface area contributed by atoms with Crippen LogP contribution >= 0.6 is 0 Å². The predicted octanol–water partition coefficient (Wildman–Crippen LogP) is 1.79. The molecule has 0 bridgehead atoms. The van der Waals surface area contributed by atoms with Gasteiger partial charge in [-0.2, -0.15) is 0 Å². The number of aryl methyl sites for hydroxylation is 1. The van der Waals surface area contributed by atoms with Gasteiger partial charge in [-0.3, -0.25) is 4.70 Å². The fourth-order valence-electron chi connectivity index (χ4n) is 0.987. The average Bonchev–Trinajstić information content (AvgIpc) is 2.57. The van der Waals surface area contributed by atoms with E-state index in [4.69, 9.17) is 5.73 Å².